The van der Waals surface area contributed by atoms with Crippen LogP contribution >= 0.6 is 11.6 Å². The van der Waals surface area contributed by atoms with E-state index in [4.69, 9.17) is 16.7 Å². The Morgan fingerprint density at radius 1 is 1.33 bits per heavy atom. The fraction of sp³-hybridized carbons (Fsp3) is 0.231. The summed E-state index contributed by atoms with van der Waals surface area (Å²) >= 11 is 5.97. The molecule has 2 rings (SSSR count). The van der Waals surface area contributed by atoms with Crippen molar-refractivity contribution in [3.05, 3.63) is 45.7 Å². The Labute approximate surface area is 122 Å². The van der Waals surface area contributed by atoms with Crippen LogP contribution in [0.2, 0.25) is 5.02 Å². The molecule has 0 amide bonds. The number of aromatic carboxylic acids is 1. The van der Waals surface area contributed by atoms with E-state index in [0.29, 0.717) is 22.5 Å². The monoisotopic (exact) mass is 318 g/mol. The van der Waals surface area contributed by atoms with Crippen molar-refractivity contribution in [1.82, 2.24) is 9.78 Å². The van der Waals surface area contributed by atoms with E-state index in [1.54, 1.807) is 13.8 Å². The van der Waals surface area contributed by atoms with Crippen molar-refractivity contribution < 1.29 is 23.1 Å². The zero-order chi connectivity index (χ0) is 15.9. The molecule has 1 aromatic heterocycles. The summed E-state index contributed by atoms with van der Waals surface area (Å²) in [5.74, 6) is -1.47. The van der Waals surface area contributed by atoms with Crippen molar-refractivity contribution in [3.63, 3.8) is 0 Å². The second-order valence-electron chi connectivity index (χ2n) is 4.43. The van der Waals surface area contributed by atoms with Gasteiger partial charge in [-0.3, -0.25) is 0 Å². The summed E-state index contributed by atoms with van der Waals surface area (Å²) in [4.78, 5) is 11.2. The lowest BCUT2D eigenvalue weighted by atomic mass is 10.1. The predicted molar refractivity (Wildman–Crippen MR) is 70.0 cm³/mol. The SMILES string of the molecule is Cc1nn(-c2ccc(C(F)(F)F)cc2C(=O)O)c(C)c1Cl. The van der Waals surface area contributed by atoms with Gasteiger partial charge < -0.3 is 5.11 Å². The second-order valence-corrected chi connectivity index (χ2v) is 4.81. The number of aromatic nitrogens is 2. The van der Waals surface area contributed by atoms with Crippen molar-refractivity contribution in [2.45, 2.75) is 20.0 Å². The Balaban J connectivity index is 2.69. The number of alkyl halides is 3. The highest BCUT2D eigenvalue weighted by Gasteiger charge is 2.32. The third-order valence-corrected chi connectivity index (χ3v) is 3.53. The van der Waals surface area contributed by atoms with Gasteiger partial charge >= 0.3 is 12.1 Å². The Kier molecular flexibility index (Phi) is 3.71. The zero-order valence-electron chi connectivity index (χ0n) is 11.0. The van der Waals surface area contributed by atoms with Gasteiger partial charge in [-0.05, 0) is 32.0 Å². The number of hydrogen-bond acceptors (Lipinski definition) is 2. The molecule has 0 aliphatic heterocycles. The first kappa shape index (κ1) is 15.4. The standard InChI is InChI=1S/C13H10ClF3N2O2/c1-6-11(14)7(2)19(18-6)10-4-3-8(13(15,16)17)5-9(10)12(20)21/h3-5H,1-2H3,(H,20,21). The molecule has 0 atom stereocenters. The van der Waals surface area contributed by atoms with Crippen LogP contribution in [0.25, 0.3) is 5.69 Å². The van der Waals surface area contributed by atoms with Crippen LogP contribution in [0.15, 0.2) is 18.2 Å². The van der Waals surface area contributed by atoms with Crippen molar-refractivity contribution in [2.24, 2.45) is 0 Å². The normalized spacial score (nSPS) is 11.7. The number of carboxylic acids is 1. The maximum absolute atomic E-state index is 12.7. The van der Waals surface area contributed by atoms with Gasteiger partial charge in [0, 0.05) is 0 Å². The molecule has 0 saturated heterocycles. The third-order valence-electron chi connectivity index (χ3n) is 2.99. The largest absolute Gasteiger partial charge is 0.478 e. The first-order chi connectivity index (χ1) is 9.62. The Morgan fingerprint density at radius 3 is 2.38 bits per heavy atom. The van der Waals surface area contributed by atoms with E-state index < -0.39 is 23.3 Å². The molecular formula is C13H10ClF3N2O2. The average Bonchev–Trinajstić information content (AvgIpc) is 2.64. The first-order valence-electron chi connectivity index (χ1n) is 5.79. The predicted octanol–water partition coefficient (Wildman–Crippen LogP) is 3.86. The van der Waals surface area contributed by atoms with E-state index in [1.807, 2.05) is 0 Å². The molecule has 4 nitrogen and oxygen atoms in total. The van der Waals surface area contributed by atoms with Gasteiger partial charge in [0.2, 0.25) is 0 Å². The van der Waals surface area contributed by atoms with Crippen LogP contribution in [-0.2, 0) is 6.18 Å². The number of aryl methyl sites for hydroxylation is 1. The molecule has 1 aromatic carbocycles. The van der Waals surface area contributed by atoms with E-state index in [0.717, 1.165) is 12.1 Å². The lowest BCUT2D eigenvalue weighted by Crippen LogP contribution is -2.12. The minimum Gasteiger partial charge on any atom is -0.478 e. The minimum atomic E-state index is -4.62. The number of nitrogens with zero attached hydrogens (tertiary/aromatic N) is 2. The molecule has 0 spiro atoms. The Bertz CT molecular complexity index is 723. The highest BCUT2D eigenvalue weighted by molar-refractivity contribution is 6.31. The number of hydrogen-bond donors (Lipinski definition) is 1. The smallest absolute Gasteiger partial charge is 0.416 e. The molecule has 0 saturated carbocycles. The average molecular weight is 319 g/mol. The molecule has 1 heterocycles. The zero-order valence-corrected chi connectivity index (χ0v) is 11.7. The van der Waals surface area contributed by atoms with Crippen LogP contribution in [0.1, 0.15) is 27.3 Å². The van der Waals surface area contributed by atoms with Crippen LogP contribution in [-0.4, -0.2) is 20.9 Å². The van der Waals surface area contributed by atoms with E-state index in [2.05, 4.69) is 5.10 Å². The molecule has 1 N–H and O–H groups in total. The topological polar surface area (TPSA) is 55.1 Å². The number of benzene rings is 1. The van der Waals surface area contributed by atoms with Gasteiger partial charge in [0.1, 0.15) is 0 Å². The highest BCUT2D eigenvalue weighted by Crippen LogP contribution is 2.32. The van der Waals surface area contributed by atoms with Crippen molar-refractivity contribution >= 4 is 17.6 Å². The van der Waals surface area contributed by atoms with Gasteiger partial charge in [-0.2, -0.15) is 18.3 Å². The summed E-state index contributed by atoms with van der Waals surface area (Å²) in [6.07, 6.45) is -4.62. The first-order valence-corrected chi connectivity index (χ1v) is 6.17. The molecule has 0 aliphatic carbocycles. The molecule has 0 aliphatic rings. The summed E-state index contributed by atoms with van der Waals surface area (Å²) in [6, 6.07) is 2.47. The molecule has 0 unspecified atom stereocenters. The number of carboxylic acid groups (broad SMARTS) is 1. The Hall–Kier alpha value is -2.02. The maximum atomic E-state index is 12.7. The third kappa shape index (κ3) is 2.73. The van der Waals surface area contributed by atoms with E-state index in [-0.39, 0.29) is 5.69 Å². The van der Waals surface area contributed by atoms with E-state index in [1.165, 1.54) is 4.68 Å². The highest BCUT2D eigenvalue weighted by atomic mass is 35.5. The minimum absolute atomic E-state index is 0.0306. The van der Waals surface area contributed by atoms with Crippen LogP contribution < -0.4 is 0 Å². The molecule has 21 heavy (non-hydrogen) atoms. The Morgan fingerprint density at radius 2 is 1.95 bits per heavy atom. The second kappa shape index (κ2) is 5.07. The summed E-state index contributed by atoms with van der Waals surface area (Å²) < 4.78 is 39.3. The number of rotatable bonds is 2. The fourth-order valence-corrected chi connectivity index (χ4v) is 2.04. The van der Waals surface area contributed by atoms with Crippen molar-refractivity contribution in [3.8, 4) is 5.69 Å². The van der Waals surface area contributed by atoms with Crippen molar-refractivity contribution in [1.29, 1.82) is 0 Å². The summed E-state index contributed by atoms with van der Waals surface area (Å²) in [6.45, 7) is 3.22. The van der Waals surface area contributed by atoms with Gasteiger partial charge in [0.15, 0.2) is 0 Å². The lowest BCUT2D eigenvalue weighted by Gasteiger charge is -2.12. The molecule has 2 aromatic rings. The molecular weight excluding hydrogens is 309 g/mol. The van der Waals surface area contributed by atoms with E-state index in [9.17, 15) is 18.0 Å². The fourth-order valence-electron chi connectivity index (χ4n) is 1.93. The quantitative estimate of drug-likeness (QED) is 0.914. The molecule has 0 fully saturated rings. The van der Waals surface area contributed by atoms with Gasteiger partial charge in [0.05, 0.1) is 33.2 Å². The molecule has 0 radical (unpaired) electrons. The van der Waals surface area contributed by atoms with Crippen LogP contribution in [0, 0.1) is 13.8 Å². The summed E-state index contributed by atoms with van der Waals surface area (Å²) in [5, 5.41) is 13.5. The number of carbonyl (C=O) groups is 1. The maximum Gasteiger partial charge on any atom is 0.416 e. The van der Waals surface area contributed by atoms with Crippen molar-refractivity contribution in [2.75, 3.05) is 0 Å². The number of halogens is 4. The molecule has 112 valence electrons. The van der Waals surface area contributed by atoms with Gasteiger partial charge in [0.25, 0.3) is 0 Å². The summed E-state index contributed by atoms with van der Waals surface area (Å²) in [7, 11) is 0. The molecule has 0 bridgehead atoms. The van der Waals surface area contributed by atoms with Gasteiger partial charge in [-0.15, -0.1) is 0 Å². The van der Waals surface area contributed by atoms with Crippen LogP contribution in [0.4, 0.5) is 13.2 Å². The lowest BCUT2D eigenvalue weighted by molar-refractivity contribution is -0.137. The van der Waals surface area contributed by atoms with E-state index >= 15 is 0 Å². The van der Waals surface area contributed by atoms with Gasteiger partial charge in [-0.25, -0.2) is 9.48 Å². The molecule has 8 heteroatoms. The summed E-state index contributed by atoms with van der Waals surface area (Å²) in [5.41, 5.74) is -0.576. The van der Waals surface area contributed by atoms with Crippen LogP contribution in [0.3, 0.4) is 0 Å². The van der Waals surface area contributed by atoms with Crippen LogP contribution in [0.5, 0.6) is 0 Å². The van der Waals surface area contributed by atoms with Gasteiger partial charge in [-0.1, -0.05) is 11.6 Å².